The van der Waals surface area contributed by atoms with Gasteiger partial charge in [0, 0.05) is 12.8 Å². The molecule has 17 heavy (non-hydrogen) atoms. The first kappa shape index (κ1) is 12.4. The molecule has 0 saturated heterocycles. The Morgan fingerprint density at radius 1 is 1.59 bits per heavy atom. The van der Waals surface area contributed by atoms with Gasteiger partial charge >= 0.3 is 0 Å². The van der Waals surface area contributed by atoms with Crippen LogP contribution in [0.1, 0.15) is 26.2 Å². The number of hydrogen-bond donors (Lipinski definition) is 2. The van der Waals surface area contributed by atoms with Gasteiger partial charge in [-0.15, -0.1) is 0 Å². The van der Waals surface area contributed by atoms with Crippen LogP contribution in [-0.2, 0) is 4.79 Å². The SMILES string of the molecule is CC(=O)O.NCC1CC2CC(C3C=CC3)=CC12. The highest BCUT2D eigenvalue weighted by Gasteiger charge is 2.43. The van der Waals surface area contributed by atoms with Crippen molar-refractivity contribution in [2.45, 2.75) is 26.2 Å². The second-order valence-corrected chi connectivity index (χ2v) is 5.30. The zero-order chi connectivity index (χ0) is 12.4. The minimum Gasteiger partial charge on any atom is -0.481 e. The van der Waals surface area contributed by atoms with E-state index >= 15 is 0 Å². The van der Waals surface area contributed by atoms with Crippen LogP contribution in [0.3, 0.4) is 0 Å². The lowest BCUT2D eigenvalue weighted by molar-refractivity contribution is -0.134. The van der Waals surface area contributed by atoms with E-state index in [0.29, 0.717) is 0 Å². The molecule has 0 spiro atoms. The second kappa shape index (κ2) is 5.05. The Balaban J connectivity index is 0.000000239. The van der Waals surface area contributed by atoms with Crippen molar-refractivity contribution in [3.05, 3.63) is 23.8 Å². The van der Waals surface area contributed by atoms with Gasteiger partial charge in [-0.3, -0.25) is 4.79 Å². The molecular formula is C14H21NO2. The van der Waals surface area contributed by atoms with Crippen molar-refractivity contribution in [3.63, 3.8) is 0 Å². The van der Waals surface area contributed by atoms with Gasteiger partial charge < -0.3 is 10.8 Å². The Morgan fingerprint density at radius 2 is 2.24 bits per heavy atom. The van der Waals surface area contributed by atoms with E-state index in [-0.39, 0.29) is 0 Å². The number of fused-ring (bicyclic) bond motifs is 1. The lowest BCUT2D eigenvalue weighted by atomic mass is 9.66. The lowest BCUT2D eigenvalue weighted by Crippen LogP contribution is -2.37. The van der Waals surface area contributed by atoms with E-state index in [9.17, 15) is 0 Å². The third kappa shape index (κ3) is 2.60. The van der Waals surface area contributed by atoms with Crippen LogP contribution in [0.2, 0.25) is 0 Å². The van der Waals surface area contributed by atoms with E-state index in [0.717, 1.165) is 37.1 Å². The summed E-state index contributed by atoms with van der Waals surface area (Å²) < 4.78 is 0. The largest absolute Gasteiger partial charge is 0.481 e. The smallest absolute Gasteiger partial charge is 0.300 e. The van der Waals surface area contributed by atoms with Crippen molar-refractivity contribution in [1.29, 1.82) is 0 Å². The molecule has 3 rings (SSSR count). The van der Waals surface area contributed by atoms with Crippen LogP contribution < -0.4 is 5.73 Å². The van der Waals surface area contributed by atoms with Gasteiger partial charge in [0.05, 0.1) is 0 Å². The molecule has 0 amide bonds. The van der Waals surface area contributed by atoms with Gasteiger partial charge in [-0.2, -0.15) is 0 Å². The van der Waals surface area contributed by atoms with Crippen molar-refractivity contribution < 1.29 is 9.90 Å². The zero-order valence-corrected chi connectivity index (χ0v) is 10.3. The average molecular weight is 235 g/mol. The van der Waals surface area contributed by atoms with Crippen molar-refractivity contribution in [2.24, 2.45) is 29.4 Å². The third-order valence-corrected chi connectivity index (χ3v) is 4.14. The molecule has 0 radical (unpaired) electrons. The molecule has 4 unspecified atom stereocenters. The van der Waals surface area contributed by atoms with Gasteiger partial charge in [0.2, 0.25) is 0 Å². The highest BCUT2D eigenvalue weighted by atomic mass is 16.4. The first-order valence-corrected chi connectivity index (χ1v) is 6.38. The minimum absolute atomic E-state index is 0.809. The van der Waals surface area contributed by atoms with Crippen molar-refractivity contribution in [3.8, 4) is 0 Å². The molecule has 1 saturated carbocycles. The number of carboxylic acids is 1. The number of hydrogen-bond acceptors (Lipinski definition) is 2. The summed E-state index contributed by atoms with van der Waals surface area (Å²) in [4.78, 5) is 9.00. The van der Waals surface area contributed by atoms with Gasteiger partial charge in [-0.05, 0) is 43.6 Å². The topological polar surface area (TPSA) is 63.3 Å². The van der Waals surface area contributed by atoms with E-state index in [1.807, 2.05) is 0 Å². The van der Waals surface area contributed by atoms with Gasteiger partial charge in [0.15, 0.2) is 0 Å². The van der Waals surface area contributed by atoms with Crippen LogP contribution >= 0.6 is 0 Å². The summed E-state index contributed by atoms with van der Waals surface area (Å²) in [7, 11) is 0. The molecule has 0 aromatic rings. The Kier molecular flexibility index (Phi) is 3.67. The summed E-state index contributed by atoms with van der Waals surface area (Å²) >= 11 is 0. The fourth-order valence-corrected chi connectivity index (χ4v) is 3.08. The Labute approximate surface area is 102 Å². The third-order valence-electron chi connectivity index (χ3n) is 4.14. The maximum Gasteiger partial charge on any atom is 0.300 e. The maximum absolute atomic E-state index is 9.00. The molecule has 0 aromatic carbocycles. The zero-order valence-electron chi connectivity index (χ0n) is 10.3. The predicted octanol–water partition coefficient (Wildman–Crippen LogP) is 2.19. The van der Waals surface area contributed by atoms with E-state index < -0.39 is 5.97 Å². The molecule has 3 heteroatoms. The quantitative estimate of drug-likeness (QED) is 0.721. The molecular weight excluding hydrogens is 214 g/mol. The van der Waals surface area contributed by atoms with Gasteiger partial charge in [-0.1, -0.05) is 23.8 Å². The normalized spacial score (nSPS) is 36.9. The molecule has 3 aliphatic carbocycles. The van der Waals surface area contributed by atoms with Crippen LogP contribution in [0.25, 0.3) is 0 Å². The maximum atomic E-state index is 9.00. The number of carbonyl (C=O) groups is 1. The molecule has 4 atom stereocenters. The van der Waals surface area contributed by atoms with Crippen LogP contribution in [0.4, 0.5) is 0 Å². The summed E-state index contributed by atoms with van der Waals surface area (Å²) in [5.74, 6) is 2.61. The molecule has 3 N–H and O–H groups in total. The molecule has 0 bridgehead atoms. The first-order valence-electron chi connectivity index (χ1n) is 6.38. The highest BCUT2D eigenvalue weighted by Crippen LogP contribution is 2.52. The van der Waals surface area contributed by atoms with Crippen LogP contribution in [0, 0.1) is 23.7 Å². The standard InChI is InChI=1S/C12H17N.C2H4O2/c13-7-11-5-10-4-9(6-12(10)11)8-2-1-3-8;1-2(3)4/h1-2,6,8,10-12H,3-5,7,13H2;1H3,(H,3,4). The van der Waals surface area contributed by atoms with E-state index in [1.165, 1.54) is 19.3 Å². The van der Waals surface area contributed by atoms with Gasteiger partial charge in [0.25, 0.3) is 5.97 Å². The van der Waals surface area contributed by atoms with Crippen molar-refractivity contribution in [2.75, 3.05) is 6.54 Å². The Morgan fingerprint density at radius 3 is 2.71 bits per heavy atom. The van der Waals surface area contributed by atoms with Gasteiger partial charge in [0.1, 0.15) is 0 Å². The Bertz CT molecular complexity index is 355. The van der Waals surface area contributed by atoms with Crippen LogP contribution in [0.15, 0.2) is 23.8 Å². The summed E-state index contributed by atoms with van der Waals surface area (Å²) in [5.41, 5.74) is 7.43. The summed E-state index contributed by atoms with van der Waals surface area (Å²) in [6.45, 7) is 1.98. The summed E-state index contributed by atoms with van der Waals surface area (Å²) in [6, 6.07) is 0. The van der Waals surface area contributed by atoms with Gasteiger partial charge in [-0.25, -0.2) is 0 Å². The fourth-order valence-electron chi connectivity index (χ4n) is 3.08. The second-order valence-electron chi connectivity index (χ2n) is 5.30. The number of carboxylic acid groups (broad SMARTS) is 1. The molecule has 0 heterocycles. The highest BCUT2D eigenvalue weighted by molar-refractivity contribution is 5.62. The first-order chi connectivity index (χ1) is 8.11. The molecule has 94 valence electrons. The van der Waals surface area contributed by atoms with E-state index in [2.05, 4.69) is 18.2 Å². The molecule has 0 aromatic heterocycles. The minimum atomic E-state index is -0.833. The lowest BCUT2D eigenvalue weighted by Gasteiger charge is -2.39. The fraction of sp³-hybridized carbons (Fsp3) is 0.643. The number of nitrogens with two attached hydrogens (primary N) is 1. The predicted molar refractivity (Wildman–Crippen MR) is 67.4 cm³/mol. The average Bonchev–Trinajstić information content (AvgIpc) is 2.43. The van der Waals surface area contributed by atoms with E-state index in [1.54, 1.807) is 5.57 Å². The molecule has 3 aliphatic rings. The van der Waals surface area contributed by atoms with E-state index in [4.69, 9.17) is 15.6 Å². The number of aliphatic carboxylic acids is 1. The van der Waals surface area contributed by atoms with Crippen LogP contribution in [-0.4, -0.2) is 17.6 Å². The molecule has 3 nitrogen and oxygen atoms in total. The number of allylic oxidation sites excluding steroid dienone is 4. The molecule has 0 aliphatic heterocycles. The summed E-state index contributed by atoms with van der Waals surface area (Å²) in [6.07, 6.45) is 11.2. The molecule has 1 fully saturated rings. The Hall–Kier alpha value is -1.09. The van der Waals surface area contributed by atoms with Crippen molar-refractivity contribution >= 4 is 5.97 Å². The van der Waals surface area contributed by atoms with Crippen molar-refractivity contribution in [1.82, 2.24) is 0 Å². The number of rotatable bonds is 2. The summed E-state index contributed by atoms with van der Waals surface area (Å²) in [5, 5.41) is 7.42. The van der Waals surface area contributed by atoms with Crippen LogP contribution in [0.5, 0.6) is 0 Å². The monoisotopic (exact) mass is 235 g/mol.